The van der Waals surface area contributed by atoms with Crippen LogP contribution in [-0.4, -0.2) is 4.21 Å². The quantitative estimate of drug-likeness (QED) is 0.586. The molecule has 0 aromatic carbocycles. The molecule has 0 aliphatic carbocycles. The Hall–Kier alpha value is 2.63. The van der Waals surface area contributed by atoms with E-state index in [9.17, 15) is 0 Å². The largest absolute Gasteiger partial charge is 0.197 e. The number of hydrogen-bond donors (Lipinski definition) is 0. The van der Waals surface area contributed by atoms with E-state index in [0.29, 0.717) is 0 Å². The van der Waals surface area contributed by atoms with Crippen molar-refractivity contribution in [2.45, 2.75) is 0 Å². The maximum atomic E-state index is 7.83. The van der Waals surface area contributed by atoms with Crippen LogP contribution in [0.5, 0.6) is 0 Å². The first kappa shape index (κ1) is 15.9. The molecule has 0 N–H and O–H groups in total. The van der Waals surface area contributed by atoms with Gasteiger partial charge in [-0.3, -0.25) is 0 Å². The molecular formula is GdOSTb. The van der Waals surface area contributed by atoms with Gasteiger partial charge in [-0.15, -0.1) is 0 Å². The van der Waals surface area contributed by atoms with E-state index in [1.54, 1.807) is 0 Å². The van der Waals surface area contributed by atoms with Crippen LogP contribution >= 0.6 is 0 Å². The van der Waals surface area contributed by atoms with Crippen LogP contribution in [0.1, 0.15) is 0 Å². The second-order valence-corrected chi connectivity index (χ2v) is 0. The fourth-order valence-corrected chi connectivity index (χ4v) is 0. The van der Waals surface area contributed by atoms with Gasteiger partial charge in [-0.1, -0.05) is 0 Å². The summed E-state index contributed by atoms with van der Waals surface area (Å²) in [5.74, 6) is 0. The zero-order chi connectivity index (χ0) is 2.00. The molecule has 0 aliphatic rings. The summed E-state index contributed by atoms with van der Waals surface area (Å²) in [6.07, 6.45) is 0. The summed E-state index contributed by atoms with van der Waals surface area (Å²) in [4.78, 5) is 0. The molecule has 4 heteroatoms. The average molecular weight is 364 g/mol. The Bertz CT molecular complexity index is 8.00. The topological polar surface area (TPSA) is 17.1 Å². The molecule has 0 spiro atoms. The maximum Gasteiger partial charge on any atom is 0.197 e. The molecule has 29 valence electrons. The third-order valence-electron chi connectivity index (χ3n) is 0. The summed E-state index contributed by atoms with van der Waals surface area (Å²) < 4.78 is 7.83. The first-order valence-electron chi connectivity index (χ1n) is 0.167. The SMILES string of the molecule is O=S.[Gd].[Tb]. The summed E-state index contributed by atoms with van der Waals surface area (Å²) in [7, 11) is 0. The van der Waals surface area contributed by atoms with Gasteiger partial charge in [0.25, 0.3) is 0 Å². The molecule has 0 saturated carbocycles. The Morgan fingerprint density at radius 3 is 1.25 bits per heavy atom. The Labute approximate surface area is 92.9 Å². The van der Waals surface area contributed by atoms with Crippen LogP contribution in [0.3, 0.4) is 0 Å². The average Bonchev–Trinajstić information content (AvgIpc) is 1.00. The molecule has 1 nitrogen and oxygen atoms in total. The van der Waals surface area contributed by atoms with E-state index in [0.717, 1.165) is 0 Å². The van der Waals surface area contributed by atoms with E-state index in [1.807, 2.05) is 0 Å². The fourth-order valence-electron chi connectivity index (χ4n) is 0. The molecule has 0 rings (SSSR count). The van der Waals surface area contributed by atoms with Crippen molar-refractivity contribution in [2.24, 2.45) is 0 Å². The van der Waals surface area contributed by atoms with Crippen LogP contribution in [0.15, 0.2) is 0 Å². The summed E-state index contributed by atoms with van der Waals surface area (Å²) in [6.45, 7) is 0. The molecule has 0 unspecified atom stereocenters. The van der Waals surface area contributed by atoms with E-state index in [2.05, 4.69) is 12.5 Å². The van der Waals surface area contributed by atoms with Crippen LogP contribution in [0.2, 0.25) is 0 Å². The molecule has 0 aromatic heterocycles. The molecule has 0 saturated heterocycles. The van der Waals surface area contributed by atoms with E-state index in [4.69, 9.17) is 4.21 Å². The van der Waals surface area contributed by atoms with Gasteiger partial charge in [0, 0.05) is 78.6 Å². The smallest absolute Gasteiger partial charge is 0.197 e. The minimum absolute atomic E-state index is 0. The van der Waals surface area contributed by atoms with Gasteiger partial charge in [0.15, 0.2) is 12.5 Å². The summed E-state index contributed by atoms with van der Waals surface area (Å²) >= 11 is 2.83. The normalized spacial score (nSPS) is 1.00. The molecule has 0 heterocycles. The van der Waals surface area contributed by atoms with Crippen molar-refractivity contribution >= 4 is 12.5 Å². The minimum atomic E-state index is 0. The van der Waals surface area contributed by atoms with Crippen molar-refractivity contribution in [1.29, 1.82) is 0 Å². The zero-order valence-electron chi connectivity index (χ0n) is 1.50. The molecule has 0 atom stereocenters. The van der Waals surface area contributed by atoms with Gasteiger partial charge in [0.2, 0.25) is 0 Å². The molecular weight excluding hydrogens is 364 g/mol. The van der Waals surface area contributed by atoms with Crippen LogP contribution in [0, 0.1) is 78.6 Å². The molecule has 0 bridgehead atoms. The predicted octanol–water partition coefficient (Wildman–Crippen LogP) is -0.336. The maximum absolute atomic E-state index is 7.83. The van der Waals surface area contributed by atoms with Crippen molar-refractivity contribution in [1.82, 2.24) is 0 Å². The Morgan fingerprint density at radius 1 is 1.25 bits per heavy atom. The molecule has 1 radical (unpaired) electrons. The van der Waals surface area contributed by atoms with Crippen LogP contribution < -0.4 is 0 Å². The van der Waals surface area contributed by atoms with Crippen LogP contribution in [0.4, 0.5) is 0 Å². The molecule has 0 amide bonds. The van der Waals surface area contributed by atoms with E-state index < -0.39 is 0 Å². The van der Waals surface area contributed by atoms with Gasteiger partial charge < -0.3 is 0 Å². The second-order valence-electron chi connectivity index (χ2n) is 0. The van der Waals surface area contributed by atoms with Gasteiger partial charge in [0.05, 0.1) is 0 Å². The van der Waals surface area contributed by atoms with Crippen molar-refractivity contribution < 1.29 is 82.8 Å². The van der Waals surface area contributed by atoms with Crippen LogP contribution in [-0.2, 0) is 12.5 Å². The van der Waals surface area contributed by atoms with Crippen molar-refractivity contribution in [3.63, 3.8) is 0 Å². The Balaban J connectivity index is -0.00000000500. The summed E-state index contributed by atoms with van der Waals surface area (Å²) in [5.41, 5.74) is 0. The second kappa shape index (κ2) is 17.4. The zero-order valence-corrected chi connectivity index (χ0v) is 6.73. The molecule has 0 aliphatic heterocycles. The Morgan fingerprint density at radius 2 is 1.25 bits per heavy atom. The summed E-state index contributed by atoms with van der Waals surface area (Å²) in [6, 6.07) is 0. The van der Waals surface area contributed by atoms with Gasteiger partial charge in [-0.2, -0.15) is 4.21 Å². The molecule has 4 heavy (non-hydrogen) atoms. The van der Waals surface area contributed by atoms with Gasteiger partial charge >= 0.3 is 0 Å². The monoisotopic (exact) mass is 365 g/mol. The van der Waals surface area contributed by atoms with Crippen molar-refractivity contribution in [3.05, 3.63) is 0 Å². The summed E-state index contributed by atoms with van der Waals surface area (Å²) in [5, 5.41) is 0. The number of hydrogen-bond acceptors (Lipinski definition) is 2. The third kappa shape index (κ3) is 8.82. The molecule has 0 aromatic rings. The minimum Gasteiger partial charge on any atom is -0.197 e. The fraction of sp³-hybridized carbons (Fsp3) is 0. The van der Waals surface area contributed by atoms with Crippen molar-refractivity contribution in [2.75, 3.05) is 0 Å². The van der Waals surface area contributed by atoms with Crippen LogP contribution in [0.25, 0.3) is 0 Å². The number of rotatable bonds is 0. The van der Waals surface area contributed by atoms with E-state index >= 15 is 0 Å². The van der Waals surface area contributed by atoms with Gasteiger partial charge in [-0.25, -0.2) is 0 Å². The van der Waals surface area contributed by atoms with Crippen molar-refractivity contribution in [3.8, 4) is 0 Å². The van der Waals surface area contributed by atoms with Gasteiger partial charge in [-0.05, 0) is 0 Å². The third-order valence-corrected chi connectivity index (χ3v) is 0. The van der Waals surface area contributed by atoms with E-state index in [-0.39, 0.29) is 78.6 Å². The standard InChI is InChI=1S/Gd.OS.Tb/c;1-2;. The Kier molecular flexibility index (Phi) is 69.6. The predicted molar refractivity (Wildman–Crippen MR) is 8.14 cm³/mol. The first-order chi connectivity index (χ1) is 1.00. The molecule has 0 fully saturated rings. The van der Waals surface area contributed by atoms with E-state index in [1.165, 1.54) is 0 Å². The van der Waals surface area contributed by atoms with Gasteiger partial charge in [0.1, 0.15) is 0 Å². The first-order valence-corrected chi connectivity index (χ1v) is 0.500.